The minimum absolute atomic E-state index is 0.0487. The number of amides is 6. The van der Waals surface area contributed by atoms with Gasteiger partial charge in [0.05, 0.1) is 35.8 Å². The third-order valence-electron chi connectivity index (χ3n) is 11.7. The van der Waals surface area contributed by atoms with Gasteiger partial charge in [-0.3, -0.25) is 39.4 Å². The Balaban J connectivity index is 1.02. The van der Waals surface area contributed by atoms with Gasteiger partial charge in [-0.1, -0.05) is 121 Å². The van der Waals surface area contributed by atoms with Crippen molar-refractivity contribution in [2.24, 2.45) is 0 Å². The summed E-state index contributed by atoms with van der Waals surface area (Å²) in [6.07, 6.45) is -2.87. The summed E-state index contributed by atoms with van der Waals surface area (Å²) in [5.41, 5.74) is 3.30. The van der Waals surface area contributed by atoms with Crippen LogP contribution in [0, 0.1) is 0 Å². The van der Waals surface area contributed by atoms with E-state index in [0.29, 0.717) is 0 Å². The summed E-state index contributed by atoms with van der Waals surface area (Å²) < 4.78 is -1.56. The van der Waals surface area contributed by atoms with E-state index in [9.17, 15) is 39.0 Å². The van der Waals surface area contributed by atoms with Crippen LogP contribution in [0.4, 0.5) is 0 Å². The van der Waals surface area contributed by atoms with Gasteiger partial charge in [0, 0.05) is 35.7 Å². The Morgan fingerprint density at radius 2 is 0.809 bits per heavy atom. The van der Waals surface area contributed by atoms with Gasteiger partial charge in [0.25, 0.3) is 0 Å². The molecule has 2 saturated heterocycles. The molecule has 0 aliphatic carbocycles. The molecule has 0 saturated carbocycles. The van der Waals surface area contributed by atoms with Gasteiger partial charge in [0.15, 0.2) is 0 Å². The van der Waals surface area contributed by atoms with E-state index in [2.05, 4.69) is 42.5 Å². The fourth-order valence-corrected chi connectivity index (χ4v) is 10.9. The van der Waals surface area contributed by atoms with E-state index in [4.69, 9.17) is 0 Å². The largest absolute Gasteiger partial charge is 0.389 e. The molecule has 18 heteroatoms. The molecule has 362 valence electrons. The third-order valence-corrected chi connectivity index (χ3v) is 14.7. The molecule has 2 heterocycles. The predicted molar refractivity (Wildman–Crippen MR) is 264 cm³/mol. The summed E-state index contributed by atoms with van der Waals surface area (Å²) in [5, 5.41) is 43.9. The highest BCUT2D eigenvalue weighted by atomic mass is 32.2. The molecule has 2 aliphatic rings. The first kappa shape index (κ1) is 51.6. The Bertz CT molecular complexity index is 2170. The van der Waals surface area contributed by atoms with Crippen LogP contribution >= 0.6 is 23.5 Å². The smallest absolute Gasteiger partial charge is 0.245 e. The lowest BCUT2D eigenvalue weighted by molar-refractivity contribution is -0.129. The van der Waals surface area contributed by atoms with Crippen LogP contribution in [0.25, 0.3) is 0 Å². The lowest BCUT2D eigenvalue weighted by Gasteiger charge is -2.26. The first-order valence-corrected chi connectivity index (χ1v) is 24.3. The molecule has 68 heavy (non-hydrogen) atoms. The van der Waals surface area contributed by atoms with E-state index in [0.717, 1.165) is 22.3 Å². The van der Waals surface area contributed by atoms with E-state index >= 15 is 0 Å². The van der Waals surface area contributed by atoms with Crippen molar-refractivity contribution in [3.05, 3.63) is 144 Å². The highest BCUT2D eigenvalue weighted by Crippen LogP contribution is 2.40. The fourth-order valence-electron chi connectivity index (χ4n) is 7.95. The van der Waals surface area contributed by atoms with Crippen molar-refractivity contribution in [3.8, 4) is 0 Å². The lowest BCUT2D eigenvalue weighted by atomic mass is 10.0. The fraction of sp³-hybridized carbons (Fsp3) is 0.400. The minimum atomic E-state index is -1.48. The van der Waals surface area contributed by atoms with Gasteiger partial charge in [0.2, 0.25) is 35.4 Å². The molecule has 6 amide bonds. The maximum absolute atomic E-state index is 13.7. The number of hydrogen-bond donors (Lipinski definition) is 10. The molecule has 2 aliphatic heterocycles. The first-order chi connectivity index (χ1) is 32.5. The van der Waals surface area contributed by atoms with Gasteiger partial charge in [-0.15, -0.1) is 23.5 Å². The first-order valence-electron chi connectivity index (χ1n) is 22.6. The summed E-state index contributed by atoms with van der Waals surface area (Å²) in [7, 11) is 0. The molecule has 4 aromatic carbocycles. The van der Waals surface area contributed by atoms with E-state index in [-0.39, 0.29) is 50.8 Å². The van der Waals surface area contributed by atoms with Crippen molar-refractivity contribution >= 4 is 59.0 Å². The van der Waals surface area contributed by atoms with Crippen LogP contribution in [-0.2, 0) is 54.7 Å². The van der Waals surface area contributed by atoms with Gasteiger partial charge in [-0.05, 0) is 49.9 Å². The minimum Gasteiger partial charge on any atom is -0.389 e. The van der Waals surface area contributed by atoms with Crippen molar-refractivity contribution in [3.63, 3.8) is 0 Å². The van der Waals surface area contributed by atoms with Crippen LogP contribution in [0.2, 0.25) is 0 Å². The molecule has 16 nitrogen and oxygen atoms in total. The molecule has 0 radical (unpaired) electrons. The zero-order chi connectivity index (χ0) is 48.8. The third kappa shape index (κ3) is 14.6. The summed E-state index contributed by atoms with van der Waals surface area (Å²) in [5.74, 6) is -2.60. The molecular weight excluding hydrogens is 905 g/mol. The molecule has 6 rings (SSSR count). The van der Waals surface area contributed by atoms with E-state index in [1.54, 1.807) is 0 Å². The molecule has 0 spiro atoms. The Kier molecular flexibility index (Phi) is 18.2. The van der Waals surface area contributed by atoms with Crippen LogP contribution in [0.3, 0.4) is 0 Å². The van der Waals surface area contributed by atoms with Crippen molar-refractivity contribution in [2.45, 2.75) is 110 Å². The quantitative estimate of drug-likeness (QED) is 0.0574. The summed E-state index contributed by atoms with van der Waals surface area (Å²) >= 11 is 2.65. The van der Waals surface area contributed by atoms with Crippen LogP contribution in [0.1, 0.15) is 49.9 Å². The average molecular weight is 967 g/mol. The van der Waals surface area contributed by atoms with Crippen LogP contribution in [0.15, 0.2) is 121 Å². The van der Waals surface area contributed by atoms with Gasteiger partial charge in [0.1, 0.15) is 24.2 Å². The Morgan fingerprint density at radius 1 is 0.500 bits per heavy atom. The van der Waals surface area contributed by atoms with Crippen LogP contribution in [0.5, 0.6) is 0 Å². The van der Waals surface area contributed by atoms with Crippen molar-refractivity contribution in [1.82, 2.24) is 42.5 Å². The Morgan fingerprint density at radius 3 is 1.13 bits per heavy atom. The monoisotopic (exact) mass is 966 g/mol. The van der Waals surface area contributed by atoms with Gasteiger partial charge in [-0.25, -0.2) is 0 Å². The zero-order valence-corrected chi connectivity index (χ0v) is 40.2. The maximum Gasteiger partial charge on any atom is 0.245 e. The van der Waals surface area contributed by atoms with Crippen molar-refractivity contribution in [1.29, 1.82) is 0 Å². The molecule has 0 bridgehead atoms. The van der Waals surface area contributed by atoms with E-state index in [1.165, 1.54) is 23.5 Å². The van der Waals surface area contributed by atoms with E-state index in [1.807, 2.05) is 149 Å². The number of benzene rings is 4. The highest BCUT2D eigenvalue weighted by Gasteiger charge is 2.50. The van der Waals surface area contributed by atoms with Crippen LogP contribution < -0.4 is 42.5 Å². The molecular formula is C50H62N8O8S2. The number of hydrogen-bond acceptors (Lipinski definition) is 12. The number of aliphatic hydroxyl groups is 2. The number of rotatable bonds is 21. The second-order valence-corrected chi connectivity index (χ2v) is 21.5. The molecule has 4 aromatic rings. The zero-order valence-electron chi connectivity index (χ0n) is 38.6. The van der Waals surface area contributed by atoms with Crippen LogP contribution in [-0.4, -0.2) is 115 Å². The number of aliphatic hydroxyl groups excluding tert-OH is 2. The summed E-state index contributed by atoms with van der Waals surface area (Å²) in [6, 6.07) is 33.1. The Labute approximate surface area is 405 Å². The molecule has 2 fully saturated rings. The van der Waals surface area contributed by atoms with E-state index < -0.39 is 80.2 Å². The van der Waals surface area contributed by atoms with Crippen molar-refractivity contribution in [2.75, 3.05) is 13.1 Å². The second-order valence-electron chi connectivity index (χ2n) is 17.9. The molecule has 8 atom stereocenters. The number of carbonyl (C=O) groups is 6. The molecule has 0 unspecified atom stereocenters. The summed E-state index contributed by atoms with van der Waals surface area (Å²) in [4.78, 5) is 81.4. The van der Waals surface area contributed by atoms with Crippen molar-refractivity contribution < 1.29 is 39.0 Å². The summed E-state index contributed by atoms with van der Waals surface area (Å²) in [6.45, 7) is 7.08. The normalized spacial score (nSPS) is 21.0. The van der Waals surface area contributed by atoms with Gasteiger partial charge in [-0.2, -0.15) is 0 Å². The highest BCUT2D eigenvalue weighted by molar-refractivity contribution is 8.01. The maximum atomic E-state index is 13.7. The number of carbonyl (C=O) groups excluding carboxylic acids is 6. The molecule has 10 N–H and O–H groups in total. The average Bonchev–Trinajstić information content (AvgIpc) is 3.83. The topological polar surface area (TPSA) is 239 Å². The predicted octanol–water partition coefficient (Wildman–Crippen LogP) is 1.65. The number of thioether (sulfide) groups is 2. The standard InChI is InChI=1S/C50H62N8O8S2/c1-49(2)41(57-47(67-49)39(43(63)51-27-33-21-13-7-14-22-33)55-37(61)25-31-17-9-5-10-18-31)45(65)53-29-35(59)36(60)30-54-46(66)42-50(3,4)68-48(58-42)40(44(64)52-28-34-23-15-8-16-24-34)56-38(62)26-32-19-11-6-12-20-32/h5-24,35-36,39-42,47-48,57-60H,25-30H2,1-4H3,(H,51,63)(H,52,64)(H,53,65)(H,54,66)(H,55,61)(H,56,62)/t35-,36-,39+,40+,41-,42-,47+,48+/m0/s1. The Hall–Kier alpha value is -5.76. The van der Waals surface area contributed by atoms with Gasteiger partial charge < -0.3 is 42.1 Å². The molecule has 0 aromatic heterocycles. The van der Waals surface area contributed by atoms with Gasteiger partial charge >= 0.3 is 0 Å². The lowest BCUT2D eigenvalue weighted by Crippen LogP contribution is -2.59. The SMILES string of the molecule is CC1(C)S[C@H]([C@H](NC(=O)Cc2ccccc2)C(=O)NCc2ccccc2)N[C@H]1C(=O)NC[C@H](O)[C@@H](O)CNC(=O)[C@@H]1N[C@@H]([C@H](NC(=O)Cc2ccccc2)C(=O)NCc2ccccc2)SC1(C)C. The number of nitrogens with one attached hydrogen (secondary N) is 8. The second kappa shape index (κ2) is 24.0.